The smallest absolute Gasteiger partial charge is 0.378 e. The van der Waals surface area contributed by atoms with E-state index >= 15 is 0 Å². The molecule has 0 N–H and O–H groups in total. The summed E-state index contributed by atoms with van der Waals surface area (Å²) in [5.41, 5.74) is 0.881. The molecule has 9 nitrogen and oxygen atoms in total. The molecule has 1 saturated heterocycles. The predicted octanol–water partition coefficient (Wildman–Crippen LogP) is 1.50. The molecular weight excluding hydrogens is 397 g/mol. The van der Waals surface area contributed by atoms with Crippen LogP contribution in [-0.2, 0) is 31.9 Å². The number of morpholine rings is 1. The van der Waals surface area contributed by atoms with Crippen molar-refractivity contribution in [3.63, 3.8) is 0 Å². The van der Waals surface area contributed by atoms with Gasteiger partial charge in [-0.1, -0.05) is 29.4 Å². The SMILES string of the molecule is CON(Cc1ccc(-c2noc(C(F)(F)F)n2)cc1)C(=O)C(=O)N1CCOCC1. The minimum Gasteiger partial charge on any atom is -0.378 e. The molecule has 12 heteroatoms. The number of halogens is 3. The largest absolute Gasteiger partial charge is 0.471 e. The van der Waals surface area contributed by atoms with Gasteiger partial charge in [-0.3, -0.25) is 14.4 Å². The van der Waals surface area contributed by atoms with E-state index in [1.165, 1.54) is 24.1 Å². The number of carbonyl (C=O) groups is 2. The molecule has 0 saturated carbocycles. The van der Waals surface area contributed by atoms with E-state index < -0.39 is 23.9 Å². The fourth-order valence-electron chi connectivity index (χ4n) is 2.61. The van der Waals surface area contributed by atoms with Gasteiger partial charge in [0.15, 0.2) is 0 Å². The summed E-state index contributed by atoms with van der Waals surface area (Å²) in [5, 5.41) is 4.21. The maximum Gasteiger partial charge on any atom is 0.471 e. The summed E-state index contributed by atoms with van der Waals surface area (Å²) in [6.07, 6.45) is -4.72. The highest BCUT2D eigenvalue weighted by Crippen LogP contribution is 2.29. The molecule has 156 valence electrons. The van der Waals surface area contributed by atoms with E-state index in [9.17, 15) is 22.8 Å². The molecule has 2 heterocycles. The molecule has 1 aromatic carbocycles. The summed E-state index contributed by atoms with van der Waals surface area (Å²) in [4.78, 5) is 34.4. The van der Waals surface area contributed by atoms with Crippen molar-refractivity contribution >= 4 is 11.8 Å². The summed E-state index contributed by atoms with van der Waals surface area (Å²) < 4.78 is 47.0. The van der Waals surface area contributed by atoms with Crippen molar-refractivity contribution in [3.05, 3.63) is 35.7 Å². The number of ether oxygens (including phenoxy) is 1. The first-order valence-corrected chi connectivity index (χ1v) is 8.52. The number of rotatable bonds is 4. The summed E-state index contributed by atoms with van der Waals surface area (Å²) in [6, 6.07) is 6.06. The lowest BCUT2D eigenvalue weighted by Gasteiger charge is -2.28. The van der Waals surface area contributed by atoms with Gasteiger partial charge in [0.1, 0.15) is 0 Å². The number of benzene rings is 1. The Balaban J connectivity index is 1.66. The van der Waals surface area contributed by atoms with Crippen molar-refractivity contribution in [1.82, 2.24) is 20.1 Å². The van der Waals surface area contributed by atoms with Gasteiger partial charge in [-0.2, -0.15) is 18.2 Å². The minimum absolute atomic E-state index is 0.0360. The van der Waals surface area contributed by atoms with Gasteiger partial charge in [0.05, 0.1) is 26.9 Å². The van der Waals surface area contributed by atoms with Crippen LogP contribution in [0.3, 0.4) is 0 Å². The van der Waals surface area contributed by atoms with Crippen LogP contribution in [0.5, 0.6) is 0 Å². The molecule has 0 spiro atoms. The average Bonchev–Trinajstić information content (AvgIpc) is 3.23. The van der Waals surface area contributed by atoms with E-state index in [1.54, 1.807) is 12.1 Å². The lowest BCUT2D eigenvalue weighted by atomic mass is 10.1. The average molecular weight is 414 g/mol. The number of hydroxylamine groups is 2. The van der Waals surface area contributed by atoms with Crippen LogP contribution in [0, 0.1) is 0 Å². The van der Waals surface area contributed by atoms with E-state index in [4.69, 9.17) is 9.57 Å². The third-order valence-corrected chi connectivity index (χ3v) is 4.13. The number of carbonyl (C=O) groups excluding carboxylic acids is 2. The van der Waals surface area contributed by atoms with Gasteiger partial charge in [-0.05, 0) is 5.56 Å². The number of alkyl halides is 3. The van der Waals surface area contributed by atoms with Crippen LogP contribution < -0.4 is 0 Å². The molecule has 1 aliphatic heterocycles. The van der Waals surface area contributed by atoms with E-state index in [0.717, 1.165) is 5.06 Å². The highest BCUT2D eigenvalue weighted by molar-refractivity contribution is 6.34. The Morgan fingerprint density at radius 1 is 1.21 bits per heavy atom. The molecule has 2 aromatic rings. The lowest BCUT2D eigenvalue weighted by molar-refractivity contribution is -0.186. The number of hydrogen-bond donors (Lipinski definition) is 0. The highest BCUT2D eigenvalue weighted by Gasteiger charge is 2.38. The van der Waals surface area contributed by atoms with Crippen LogP contribution in [0.4, 0.5) is 13.2 Å². The molecule has 29 heavy (non-hydrogen) atoms. The monoisotopic (exact) mass is 414 g/mol. The lowest BCUT2D eigenvalue weighted by Crippen LogP contribution is -2.48. The number of hydrogen-bond acceptors (Lipinski definition) is 7. The van der Waals surface area contributed by atoms with Gasteiger partial charge in [0.25, 0.3) is 0 Å². The van der Waals surface area contributed by atoms with Crippen molar-refractivity contribution in [1.29, 1.82) is 0 Å². The van der Waals surface area contributed by atoms with Crippen molar-refractivity contribution in [2.45, 2.75) is 12.7 Å². The van der Waals surface area contributed by atoms with Crippen LogP contribution in [0.15, 0.2) is 28.8 Å². The normalized spacial score (nSPS) is 14.7. The molecule has 0 bridgehead atoms. The van der Waals surface area contributed by atoms with E-state index in [0.29, 0.717) is 37.4 Å². The van der Waals surface area contributed by atoms with Gasteiger partial charge in [0, 0.05) is 18.7 Å². The molecule has 0 atom stereocenters. The topological polar surface area (TPSA) is 98.0 Å². The molecule has 0 unspecified atom stereocenters. The molecular formula is C17H17F3N4O5. The van der Waals surface area contributed by atoms with E-state index in [1.807, 2.05) is 0 Å². The molecule has 0 radical (unpaired) electrons. The fraction of sp³-hybridized carbons (Fsp3) is 0.412. The van der Waals surface area contributed by atoms with Gasteiger partial charge in [-0.15, -0.1) is 0 Å². The Morgan fingerprint density at radius 2 is 1.86 bits per heavy atom. The first kappa shape index (κ1) is 20.7. The Labute approximate surface area is 162 Å². The quantitative estimate of drug-likeness (QED) is 0.552. The maximum atomic E-state index is 12.6. The molecule has 3 rings (SSSR count). The standard InChI is InChI=1S/C17H17F3N4O5/c1-27-24(15(26)14(25)23-6-8-28-9-7-23)10-11-2-4-12(5-3-11)13-21-16(29-22-13)17(18,19)20/h2-5H,6-10H2,1H3. The number of amides is 2. The zero-order chi connectivity index (χ0) is 21.0. The Hall–Kier alpha value is -2.99. The Morgan fingerprint density at radius 3 is 2.41 bits per heavy atom. The van der Waals surface area contributed by atoms with Crippen LogP contribution in [0.1, 0.15) is 11.5 Å². The molecule has 0 aliphatic carbocycles. The highest BCUT2D eigenvalue weighted by atomic mass is 19.4. The predicted molar refractivity (Wildman–Crippen MR) is 89.7 cm³/mol. The van der Waals surface area contributed by atoms with Crippen LogP contribution in [0.2, 0.25) is 0 Å². The number of aromatic nitrogens is 2. The summed E-state index contributed by atoms with van der Waals surface area (Å²) >= 11 is 0. The van der Waals surface area contributed by atoms with Gasteiger partial charge >= 0.3 is 23.9 Å². The van der Waals surface area contributed by atoms with E-state index in [2.05, 4.69) is 14.7 Å². The Bertz CT molecular complexity index is 863. The van der Waals surface area contributed by atoms with Gasteiger partial charge in [-0.25, -0.2) is 5.06 Å². The summed E-state index contributed by atoms with van der Waals surface area (Å²) in [7, 11) is 1.26. The molecule has 2 amide bonds. The molecule has 1 aliphatic rings. The third kappa shape index (κ3) is 4.90. The maximum absolute atomic E-state index is 12.6. The first-order chi connectivity index (χ1) is 13.8. The second kappa shape index (κ2) is 8.57. The van der Waals surface area contributed by atoms with Gasteiger partial charge in [0.2, 0.25) is 5.82 Å². The fourth-order valence-corrected chi connectivity index (χ4v) is 2.61. The van der Waals surface area contributed by atoms with Crippen LogP contribution in [0.25, 0.3) is 11.4 Å². The Kier molecular flexibility index (Phi) is 6.13. The zero-order valence-electron chi connectivity index (χ0n) is 15.3. The van der Waals surface area contributed by atoms with Crippen molar-refractivity contribution in [2.75, 3.05) is 33.4 Å². The zero-order valence-corrected chi connectivity index (χ0v) is 15.3. The summed E-state index contributed by atoms with van der Waals surface area (Å²) in [5.74, 6) is -3.18. The summed E-state index contributed by atoms with van der Waals surface area (Å²) in [6.45, 7) is 1.33. The van der Waals surface area contributed by atoms with Crippen molar-refractivity contribution in [3.8, 4) is 11.4 Å². The third-order valence-electron chi connectivity index (χ3n) is 4.13. The minimum atomic E-state index is -4.72. The van der Waals surface area contributed by atoms with Crippen molar-refractivity contribution in [2.24, 2.45) is 0 Å². The second-order valence-corrected chi connectivity index (χ2v) is 6.05. The first-order valence-electron chi connectivity index (χ1n) is 8.52. The second-order valence-electron chi connectivity index (χ2n) is 6.05. The van der Waals surface area contributed by atoms with Crippen LogP contribution in [-0.4, -0.2) is 65.3 Å². The van der Waals surface area contributed by atoms with E-state index in [-0.39, 0.29) is 12.4 Å². The molecule has 1 fully saturated rings. The van der Waals surface area contributed by atoms with Crippen LogP contribution >= 0.6 is 0 Å². The molecule has 1 aromatic heterocycles. The number of nitrogens with zero attached hydrogens (tertiary/aromatic N) is 4. The van der Waals surface area contributed by atoms with Crippen molar-refractivity contribution < 1.29 is 36.9 Å². The van der Waals surface area contributed by atoms with Gasteiger partial charge < -0.3 is 14.2 Å².